The van der Waals surface area contributed by atoms with Gasteiger partial charge < -0.3 is 39.3 Å². The number of ether oxygens (including phenoxy) is 1. The molecule has 15 nitrogen and oxygen atoms in total. The van der Waals surface area contributed by atoms with Crippen LogP contribution < -0.4 is 5.32 Å². The SMILES string of the molecule is COC(=O)N[C@H](C(=O)N1CCCC1c1ncc(-c2ccc3c(c2)oc2cc(-c4cnc([C@@H]5CCCN5C(=O)[C@@H](N(C)C(=O)O)C(C)(C)C)[nH]4)ccc23)[nH]1)C(C)(C)C. The Bertz CT molecular complexity index is 2330. The number of alkyl carbamates (subject to hydrolysis) is 1. The van der Waals surface area contributed by atoms with Crippen molar-refractivity contribution in [1.29, 1.82) is 0 Å². The lowest BCUT2D eigenvalue weighted by Crippen LogP contribution is -2.54. The lowest BCUT2D eigenvalue weighted by atomic mass is 9.84. The molecule has 4 N–H and O–H groups in total. The summed E-state index contributed by atoms with van der Waals surface area (Å²) in [5.74, 6) is 0.944. The van der Waals surface area contributed by atoms with Crippen LogP contribution in [0.1, 0.15) is 91.0 Å². The second-order valence-corrected chi connectivity index (χ2v) is 17.4. The molecule has 4 atom stereocenters. The third-order valence-electron chi connectivity index (χ3n) is 11.3. The highest BCUT2D eigenvalue weighted by Gasteiger charge is 2.44. The van der Waals surface area contributed by atoms with Gasteiger partial charge in [0.05, 0.1) is 43.0 Å². The zero-order valence-electron chi connectivity index (χ0n) is 33.8. The molecule has 2 aromatic carbocycles. The zero-order valence-corrected chi connectivity index (χ0v) is 33.8. The molecular weight excluding hydrogens is 729 g/mol. The van der Waals surface area contributed by atoms with Gasteiger partial charge in [0.1, 0.15) is 34.9 Å². The first-order valence-corrected chi connectivity index (χ1v) is 19.4. The van der Waals surface area contributed by atoms with Crippen molar-refractivity contribution >= 4 is 45.9 Å². The molecular formula is C42H52N8O7. The number of furan rings is 1. The first-order valence-electron chi connectivity index (χ1n) is 19.4. The Labute approximate surface area is 331 Å². The highest BCUT2D eigenvalue weighted by Crippen LogP contribution is 2.39. The molecule has 2 aliphatic rings. The molecule has 0 bridgehead atoms. The molecule has 2 fully saturated rings. The van der Waals surface area contributed by atoms with Gasteiger partial charge in [-0.2, -0.15) is 0 Å². The Kier molecular flexibility index (Phi) is 10.3. The van der Waals surface area contributed by atoms with Gasteiger partial charge in [-0.3, -0.25) is 14.5 Å². The van der Waals surface area contributed by atoms with Crippen LogP contribution in [0, 0.1) is 10.8 Å². The molecule has 0 aliphatic carbocycles. The van der Waals surface area contributed by atoms with E-state index in [4.69, 9.17) is 19.1 Å². The fraction of sp³-hybridized carbons (Fsp3) is 0.476. The molecule has 2 saturated heterocycles. The van der Waals surface area contributed by atoms with Gasteiger partial charge in [0, 0.05) is 42.0 Å². The number of rotatable bonds is 8. The number of imidazole rings is 2. The number of amides is 4. The van der Waals surface area contributed by atoms with Crippen LogP contribution in [0.4, 0.5) is 9.59 Å². The van der Waals surface area contributed by atoms with E-state index in [0.717, 1.165) is 63.9 Å². The average molecular weight is 781 g/mol. The van der Waals surface area contributed by atoms with Crippen LogP contribution in [0.25, 0.3) is 44.5 Å². The Hall–Kier alpha value is -5.86. The van der Waals surface area contributed by atoms with E-state index in [2.05, 4.69) is 15.3 Å². The molecule has 0 saturated carbocycles. The minimum atomic E-state index is -1.14. The number of benzene rings is 2. The minimum Gasteiger partial charge on any atom is -0.465 e. The number of H-pyrrole nitrogens is 2. The molecule has 302 valence electrons. The molecule has 0 radical (unpaired) electrons. The summed E-state index contributed by atoms with van der Waals surface area (Å²) in [6.07, 6.45) is 4.82. The summed E-state index contributed by atoms with van der Waals surface area (Å²) < 4.78 is 11.2. The summed E-state index contributed by atoms with van der Waals surface area (Å²) in [4.78, 5) is 72.6. The Balaban J connectivity index is 1.10. The van der Waals surface area contributed by atoms with Gasteiger partial charge in [0.25, 0.3) is 0 Å². The molecule has 1 unspecified atom stereocenters. The van der Waals surface area contributed by atoms with Crippen molar-refractivity contribution in [1.82, 2.24) is 40.0 Å². The molecule has 2 aliphatic heterocycles. The van der Waals surface area contributed by atoms with Crippen molar-refractivity contribution in [2.24, 2.45) is 10.8 Å². The van der Waals surface area contributed by atoms with E-state index in [1.54, 1.807) is 22.2 Å². The number of carboxylic acid groups (broad SMARTS) is 1. The maximum absolute atomic E-state index is 13.9. The number of carbonyl (C=O) groups is 4. The van der Waals surface area contributed by atoms with Crippen LogP contribution >= 0.6 is 0 Å². The summed E-state index contributed by atoms with van der Waals surface area (Å²) in [6.45, 7) is 12.4. The number of nitrogens with one attached hydrogen (secondary N) is 3. The quantitative estimate of drug-likeness (QED) is 0.124. The van der Waals surface area contributed by atoms with Gasteiger partial charge in [-0.15, -0.1) is 0 Å². The van der Waals surface area contributed by atoms with Gasteiger partial charge >= 0.3 is 12.2 Å². The first kappa shape index (κ1) is 39.4. The third-order valence-corrected chi connectivity index (χ3v) is 11.3. The van der Waals surface area contributed by atoms with Crippen molar-refractivity contribution in [3.05, 3.63) is 60.4 Å². The van der Waals surface area contributed by atoms with Crippen molar-refractivity contribution in [2.75, 3.05) is 27.2 Å². The number of aromatic nitrogens is 4. The molecule has 57 heavy (non-hydrogen) atoms. The monoisotopic (exact) mass is 780 g/mol. The van der Waals surface area contributed by atoms with E-state index in [0.29, 0.717) is 35.9 Å². The maximum Gasteiger partial charge on any atom is 0.407 e. The Morgan fingerprint density at radius 1 is 0.825 bits per heavy atom. The number of nitrogens with zero attached hydrogens (tertiary/aromatic N) is 5. The number of hydrogen-bond donors (Lipinski definition) is 4. The molecule has 15 heteroatoms. The largest absolute Gasteiger partial charge is 0.465 e. The average Bonchev–Trinajstić information content (AvgIpc) is 4.00. The normalized spacial score (nSPS) is 18.6. The lowest BCUT2D eigenvalue weighted by molar-refractivity contribution is -0.141. The molecule has 3 aromatic heterocycles. The topological polar surface area (TPSA) is 190 Å². The van der Waals surface area contributed by atoms with Gasteiger partial charge in [0.15, 0.2) is 0 Å². The number of methoxy groups -OCH3 is 1. The van der Waals surface area contributed by atoms with Crippen LogP contribution in [0.2, 0.25) is 0 Å². The smallest absolute Gasteiger partial charge is 0.407 e. The van der Waals surface area contributed by atoms with Gasteiger partial charge in [-0.05, 0) is 60.8 Å². The third kappa shape index (κ3) is 7.54. The van der Waals surface area contributed by atoms with Crippen LogP contribution in [0.5, 0.6) is 0 Å². The molecule has 5 aromatic rings. The van der Waals surface area contributed by atoms with Crippen molar-refractivity contribution in [3.8, 4) is 22.5 Å². The highest BCUT2D eigenvalue weighted by molar-refractivity contribution is 6.06. The van der Waals surface area contributed by atoms with Gasteiger partial charge in [0.2, 0.25) is 11.8 Å². The van der Waals surface area contributed by atoms with Crippen LogP contribution in [-0.4, -0.2) is 103 Å². The molecule has 4 amide bonds. The van der Waals surface area contributed by atoms with E-state index in [-0.39, 0.29) is 23.9 Å². The fourth-order valence-electron chi connectivity index (χ4n) is 8.42. The van der Waals surface area contributed by atoms with E-state index in [1.165, 1.54) is 14.2 Å². The number of likely N-dealkylation sites (tertiary alicyclic amines) is 2. The van der Waals surface area contributed by atoms with Crippen molar-refractivity contribution < 1.29 is 33.4 Å². The van der Waals surface area contributed by atoms with Crippen LogP contribution in [-0.2, 0) is 14.3 Å². The summed E-state index contributed by atoms with van der Waals surface area (Å²) in [6, 6.07) is 9.88. The number of aromatic amines is 2. The fourth-order valence-corrected chi connectivity index (χ4v) is 8.42. The lowest BCUT2D eigenvalue weighted by Gasteiger charge is -2.38. The predicted octanol–water partition coefficient (Wildman–Crippen LogP) is 7.49. The standard InChI is InChI=1S/C42H52N8O7/c1-41(2,3)33(47-39(53)56-8)37(51)49-17-9-11-29(49)35-43-21-27(45-35)23-13-15-25-26-16-14-24(20-32(26)57-31(25)19-23)28-22-44-36(46-28)30-12-10-18-50(30)38(52)34(42(4,5)6)48(7)40(54)55/h13-16,19-22,29-30,33-34H,9-12,17-18H2,1-8H3,(H,43,45)(H,44,46)(H,47,53)(H,54,55)/t29?,30-,33+,34+/m0/s1. The predicted molar refractivity (Wildman–Crippen MR) is 214 cm³/mol. The summed E-state index contributed by atoms with van der Waals surface area (Å²) in [5.41, 5.74) is 3.61. The molecule has 5 heterocycles. The number of hydrogen-bond acceptors (Lipinski definition) is 8. The summed E-state index contributed by atoms with van der Waals surface area (Å²) in [7, 11) is 2.73. The van der Waals surface area contributed by atoms with Crippen LogP contribution in [0.3, 0.4) is 0 Å². The Morgan fingerprint density at radius 2 is 1.32 bits per heavy atom. The van der Waals surface area contributed by atoms with Crippen molar-refractivity contribution in [2.45, 2.75) is 91.4 Å². The van der Waals surface area contributed by atoms with Gasteiger partial charge in [-0.25, -0.2) is 19.6 Å². The highest BCUT2D eigenvalue weighted by atomic mass is 16.5. The minimum absolute atomic E-state index is 0.173. The zero-order chi connectivity index (χ0) is 41.0. The van der Waals surface area contributed by atoms with Gasteiger partial charge in [-0.1, -0.05) is 53.7 Å². The summed E-state index contributed by atoms with van der Waals surface area (Å²) in [5, 5.41) is 14.4. The second kappa shape index (κ2) is 14.9. The Morgan fingerprint density at radius 3 is 1.75 bits per heavy atom. The van der Waals surface area contributed by atoms with Crippen molar-refractivity contribution in [3.63, 3.8) is 0 Å². The number of fused-ring (bicyclic) bond motifs is 3. The number of likely N-dealkylation sites (N-methyl/N-ethyl adjacent to an activating group) is 1. The van der Waals surface area contributed by atoms with E-state index in [9.17, 15) is 24.3 Å². The van der Waals surface area contributed by atoms with E-state index in [1.807, 2.05) is 77.9 Å². The van der Waals surface area contributed by atoms with E-state index < -0.39 is 35.1 Å². The van der Waals surface area contributed by atoms with E-state index >= 15 is 0 Å². The molecule has 7 rings (SSSR count). The summed E-state index contributed by atoms with van der Waals surface area (Å²) >= 11 is 0. The molecule has 0 spiro atoms. The first-order chi connectivity index (χ1) is 27.0. The van der Waals surface area contributed by atoms with Crippen LogP contribution in [0.15, 0.2) is 53.2 Å². The second-order valence-electron chi connectivity index (χ2n) is 17.4. The number of carbonyl (C=O) groups excluding carboxylic acids is 3. The maximum atomic E-state index is 13.9.